The topological polar surface area (TPSA) is 39.4 Å². The van der Waals surface area contributed by atoms with Crippen LogP contribution >= 0.6 is 23.5 Å². The van der Waals surface area contributed by atoms with Gasteiger partial charge in [-0.15, -0.1) is 23.5 Å². The summed E-state index contributed by atoms with van der Waals surface area (Å²) in [7, 11) is 1.40. The van der Waals surface area contributed by atoms with Crippen LogP contribution in [0.4, 0.5) is 0 Å². The Morgan fingerprint density at radius 1 is 1.23 bits per heavy atom. The molecule has 0 atom stereocenters. The Morgan fingerprint density at radius 3 is 2.55 bits per heavy atom. The van der Waals surface area contributed by atoms with Crippen molar-refractivity contribution in [3.63, 3.8) is 0 Å². The third-order valence-electron chi connectivity index (χ3n) is 3.67. The minimum absolute atomic E-state index is 0.0610. The number of esters is 1. The third kappa shape index (κ3) is 3.20. The summed E-state index contributed by atoms with van der Waals surface area (Å²) in [6, 6.07) is 11.7. The van der Waals surface area contributed by atoms with Gasteiger partial charge in [0.2, 0.25) is 0 Å². The van der Waals surface area contributed by atoms with Crippen molar-refractivity contribution in [2.75, 3.05) is 18.6 Å². The summed E-state index contributed by atoms with van der Waals surface area (Å²) in [6.07, 6.45) is 3.86. The first-order chi connectivity index (χ1) is 10.7. The molecule has 0 N–H and O–H groups in total. The predicted octanol–water partition coefficient (Wildman–Crippen LogP) is 4.33. The van der Waals surface area contributed by atoms with Crippen molar-refractivity contribution in [2.45, 2.75) is 16.9 Å². The van der Waals surface area contributed by atoms with Crippen LogP contribution in [0.3, 0.4) is 0 Å². The molecular formula is C17H18O3S2. The lowest BCUT2D eigenvalue weighted by molar-refractivity contribution is 0.0600. The first-order valence-corrected chi connectivity index (χ1v) is 9.20. The van der Waals surface area contributed by atoms with Gasteiger partial charge in [0.1, 0.15) is 9.84 Å². The van der Waals surface area contributed by atoms with E-state index >= 15 is 0 Å². The molecule has 5 heteroatoms. The zero-order valence-electron chi connectivity index (χ0n) is 12.4. The molecule has 0 aliphatic carbocycles. The number of carbonyl (C=O) groups excluding carboxylic acids is 1. The van der Waals surface area contributed by atoms with Crippen molar-refractivity contribution in [1.29, 1.82) is 0 Å². The molecule has 1 aromatic carbocycles. The van der Waals surface area contributed by atoms with Gasteiger partial charge in [-0.25, -0.2) is 4.79 Å². The summed E-state index contributed by atoms with van der Waals surface area (Å²) in [6.45, 7) is 0. The molecule has 3 rings (SSSR count). The van der Waals surface area contributed by atoms with Crippen LogP contribution < -0.4 is 0 Å². The maximum Gasteiger partial charge on any atom is 0.337 e. The van der Waals surface area contributed by atoms with E-state index in [-0.39, 0.29) is 10.0 Å². The minimum atomic E-state index is -0.297. The number of ether oxygens (including phenoxy) is 1. The lowest BCUT2D eigenvalue weighted by atomic mass is 10.1. The van der Waals surface area contributed by atoms with E-state index in [1.807, 2.05) is 53.9 Å². The fourth-order valence-electron chi connectivity index (χ4n) is 2.55. The summed E-state index contributed by atoms with van der Waals surface area (Å²) in [4.78, 5) is 11.5. The van der Waals surface area contributed by atoms with E-state index in [1.54, 1.807) is 6.26 Å². The van der Waals surface area contributed by atoms with Crippen LogP contribution in [-0.4, -0.2) is 24.6 Å². The first-order valence-electron chi connectivity index (χ1n) is 7.23. The molecule has 3 nitrogen and oxygen atoms in total. The highest BCUT2D eigenvalue weighted by Crippen LogP contribution is 2.52. The molecular weight excluding hydrogens is 316 g/mol. The van der Waals surface area contributed by atoms with Gasteiger partial charge in [-0.2, -0.15) is 0 Å². The fourth-order valence-corrected chi connectivity index (χ4v) is 5.85. The molecule has 2 heterocycles. The quantitative estimate of drug-likeness (QED) is 0.778. The molecule has 2 aromatic rings. The Morgan fingerprint density at radius 2 is 1.95 bits per heavy atom. The van der Waals surface area contributed by atoms with Crippen molar-refractivity contribution < 1.29 is 13.9 Å². The van der Waals surface area contributed by atoms with Crippen molar-refractivity contribution in [3.8, 4) is 0 Å². The zero-order valence-corrected chi connectivity index (χ0v) is 14.0. The molecule has 1 aliphatic rings. The Hall–Kier alpha value is -1.33. The van der Waals surface area contributed by atoms with Gasteiger partial charge in [0.05, 0.1) is 18.9 Å². The highest BCUT2D eigenvalue weighted by Gasteiger charge is 2.38. The smallest absolute Gasteiger partial charge is 0.337 e. The molecule has 0 saturated carbocycles. The van der Waals surface area contributed by atoms with E-state index in [1.165, 1.54) is 19.1 Å². The number of thioether (sulfide) groups is 2. The SMILES string of the molecule is COC(=O)c1ccc(CC2(c3ccco3)SCCCS2)cc1. The molecule has 116 valence electrons. The zero-order chi connectivity index (χ0) is 15.4. The van der Waals surface area contributed by atoms with Gasteiger partial charge in [-0.3, -0.25) is 0 Å². The third-order valence-corrected chi connectivity index (χ3v) is 6.98. The van der Waals surface area contributed by atoms with Crippen LogP contribution in [0.5, 0.6) is 0 Å². The first kappa shape index (κ1) is 15.6. The Kier molecular flexibility index (Phi) is 4.84. The molecule has 1 fully saturated rings. The number of hydrogen-bond donors (Lipinski definition) is 0. The maximum atomic E-state index is 11.5. The number of carbonyl (C=O) groups is 1. The van der Waals surface area contributed by atoms with E-state index < -0.39 is 0 Å². The molecule has 0 amide bonds. The lowest BCUT2D eigenvalue weighted by Crippen LogP contribution is -2.25. The second kappa shape index (κ2) is 6.84. The van der Waals surface area contributed by atoms with Crippen LogP contribution in [0.25, 0.3) is 0 Å². The van der Waals surface area contributed by atoms with Crippen LogP contribution in [0.1, 0.15) is 28.1 Å². The summed E-state index contributed by atoms with van der Waals surface area (Å²) < 4.78 is 10.4. The van der Waals surface area contributed by atoms with E-state index in [9.17, 15) is 4.79 Å². The highest BCUT2D eigenvalue weighted by molar-refractivity contribution is 8.18. The molecule has 1 aromatic heterocycles. The normalized spacial score (nSPS) is 17.1. The van der Waals surface area contributed by atoms with Gasteiger partial charge in [0.25, 0.3) is 0 Å². The predicted molar refractivity (Wildman–Crippen MR) is 91.4 cm³/mol. The average Bonchev–Trinajstić information content (AvgIpc) is 3.11. The molecule has 0 bridgehead atoms. The van der Waals surface area contributed by atoms with E-state index in [2.05, 4.69) is 6.07 Å². The summed E-state index contributed by atoms with van der Waals surface area (Å²) in [5.41, 5.74) is 1.79. The van der Waals surface area contributed by atoms with Crippen LogP contribution in [0.15, 0.2) is 47.1 Å². The van der Waals surface area contributed by atoms with Gasteiger partial charge < -0.3 is 9.15 Å². The van der Waals surface area contributed by atoms with E-state index in [0.717, 1.165) is 23.7 Å². The average molecular weight is 334 g/mol. The molecule has 0 unspecified atom stereocenters. The minimum Gasteiger partial charge on any atom is -0.467 e. The van der Waals surface area contributed by atoms with Crippen LogP contribution in [-0.2, 0) is 15.2 Å². The monoisotopic (exact) mass is 334 g/mol. The van der Waals surface area contributed by atoms with Crippen molar-refractivity contribution in [3.05, 3.63) is 59.5 Å². The van der Waals surface area contributed by atoms with Crippen LogP contribution in [0.2, 0.25) is 0 Å². The maximum absolute atomic E-state index is 11.5. The van der Waals surface area contributed by atoms with Gasteiger partial charge in [-0.05, 0) is 47.8 Å². The Balaban J connectivity index is 1.83. The van der Waals surface area contributed by atoms with Crippen molar-refractivity contribution in [2.24, 2.45) is 0 Å². The number of hydrogen-bond acceptors (Lipinski definition) is 5. The molecule has 1 aliphatic heterocycles. The Bertz CT molecular complexity index is 614. The van der Waals surface area contributed by atoms with Crippen molar-refractivity contribution in [1.82, 2.24) is 0 Å². The number of rotatable bonds is 4. The molecule has 1 saturated heterocycles. The summed E-state index contributed by atoms with van der Waals surface area (Å²) >= 11 is 3.91. The lowest BCUT2D eigenvalue weighted by Gasteiger charge is -2.34. The highest BCUT2D eigenvalue weighted by atomic mass is 32.2. The van der Waals surface area contributed by atoms with E-state index in [0.29, 0.717) is 5.56 Å². The summed E-state index contributed by atoms with van der Waals surface area (Å²) in [5.74, 6) is 3.02. The Labute approximate surface area is 138 Å². The standard InChI is InChI=1S/C17H18O3S2/c1-19-16(18)14-7-5-13(6-8-14)12-17(15-4-2-9-20-15)21-10-3-11-22-17/h2,4-9H,3,10-12H2,1H3. The largest absolute Gasteiger partial charge is 0.467 e. The second-order valence-electron chi connectivity index (χ2n) is 5.15. The molecule has 0 radical (unpaired) electrons. The van der Waals surface area contributed by atoms with Crippen molar-refractivity contribution >= 4 is 29.5 Å². The van der Waals surface area contributed by atoms with Gasteiger partial charge in [0.15, 0.2) is 0 Å². The molecule has 0 spiro atoms. The second-order valence-corrected chi connectivity index (χ2v) is 8.19. The summed E-state index contributed by atoms with van der Waals surface area (Å²) in [5, 5.41) is 0. The van der Waals surface area contributed by atoms with Gasteiger partial charge >= 0.3 is 5.97 Å². The van der Waals surface area contributed by atoms with Gasteiger partial charge in [-0.1, -0.05) is 12.1 Å². The number of benzene rings is 1. The molecule has 22 heavy (non-hydrogen) atoms. The van der Waals surface area contributed by atoms with E-state index in [4.69, 9.17) is 9.15 Å². The van der Waals surface area contributed by atoms with Crippen LogP contribution in [0, 0.1) is 0 Å². The number of furan rings is 1. The van der Waals surface area contributed by atoms with Gasteiger partial charge in [0, 0.05) is 6.42 Å². The number of methoxy groups -OCH3 is 1. The fraction of sp³-hybridized carbons (Fsp3) is 0.353.